The van der Waals surface area contributed by atoms with Gasteiger partial charge in [-0.05, 0) is 12.1 Å². The number of nitrogens with zero attached hydrogens (tertiary/aromatic N) is 3. The third kappa shape index (κ3) is 3.58. The molecule has 0 aliphatic carbocycles. The summed E-state index contributed by atoms with van der Waals surface area (Å²) in [7, 11) is 1.71. The summed E-state index contributed by atoms with van der Waals surface area (Å²) in [5.74, 6) is 0.913. The van der Waals surface area contributed by atoms with Crippen molar-refractivity contribution in [3.8, 4) is 17.0 Å². The number of rotatable bonds is 5. The van der Waals surface area contributed by atoms with Crippen molar-refractivity contribution in [2.75, 3.05) is 38.2 Å². The van der Waals surface area contributed by atoms with Crippen molar-refractivity contribution in [3.63, 3.8) is 0 Å². The number of H-pyrrole nitrogens is 1. The zero-order valence-corrected chi connectivity index (χ0v) is 15.1. The van der Waals surface area contributed by atoms with Crippen LogP contribution in [0.25, 0.3) is 11.3 Å². The molecule has 0 saturated carbocycles. The Balaban J connectivity index is 1.40. The Morgan fingerprint density at radius 2 is 1.81 bits per heavy atom. The zero-order valence-electron chi connectivity index (χ0n) is 15.1. The molecule has 1 fully saturated rings. The highest BCUT2D eigenvalue weighted by atomic mass is 16.5. The van der Waals surface area contributed by atoms with E-state index in [0.29, 0.717) is 0 Å². The smallest absolute Gasteiger partial charge is 0.120 e. The molecule has 0 atom stereocenters. The molecule has 26 heavy (non-hydrogen) atoms. The molecule has 2 heterocycles. The lowest BCUT2D eigenvalue weighted by Gasteiger charge is -2.36. The van der Waals surface area contributed by atoms with Crippen LogP contribution in [0.2, 0.25) is 0 Å². The molecule has 134 valence electrons. The number of methoxy groups -OCH3 is 1. The summed E-state index contributed by atoms with van der Waals surface area (Å²) in [6, 6.07) is 18.7. The van der Waals surface area contributed by atoms with Gasteiger partial charge in [-0.2, -0.15) is 5.10 Å². The van der Waals surface area contributed by atoms with Crippen molar-refractivity contribution in [1.82, 2.24) is 15.1 Å². The highest BCUT2D eigenvalue weighted by molar-refractivity contribution is 5.62. The number of aromatic nitrogens is 2. The van der Waals surface area contributed by atoms with Gasteiger partial charge in [0.1, 0.15) is 5.75 Å². The van der Waals surface area contributed by atoms with Crippen LogP contribution < -0.4 is 9.64 Å². The summed E-state index contributed by atoms with van der Waals surface area (Å²) in [4.78, 5) is 4.92. The van der Waals surface area contributed by atoms with Crippen LogP contribution in [0, 0.1) is 0 Å². The SMILES string of the molecule is COc1cccc(N2CCN(Cc3c[nH]nc3-c3ccccc3)CC2)c1. The summed E-state index contributed by atoms with van der Waals surface area (Å²) >= 11 is 0. The van der Waals surface area contributed by atoms with Gasteiger partial charge in [-0.1, -0.05) is 36.4 Å². The number of anilines is 1. The molecule has 0 unspecified atom stereocenters. The van der Waals surface area contributed by atoms with Gasteiger partial charge >= 0.3 is 0 Å². The van der Waals surface area contributed by atoms with E-state index in [1.165, 1.54) is 16.8 Å². The van der Waals surface area contributed by atoms with Crippen molar-refractivity contribution in [3.05, 3.63) is 66.4 Å². The predicted molar refractivity (Wildman–Crippen MR) is 105 cm³/mol. The van der Waals surface area contributed by atoms with Crippen molar-refractivity contribution in [2.45, 2.75) is 6.54 Å². The number of nitrogens with one attached hydrogen (secondary N) is 1. The van der Waals surface area contributed by atoms with Gasteiger partial charge in [0.15, 0.2) is 0 Å². The standard InChI is InChI=1S/C21H24N4O/c1-26-20-9-5-8-19(14-20)25-12-10-24(11-13-25)16-18-15-22-23-21(18)17-6-3-2-4-7-17/h2-9,14-15H,10-13,16H2,1H3,(H,22,23). The number of hydrogen-bond acceptors (Lipinski definition) is 4. The minimum absolute atomic E-state index is 0.913. The first-order chi connectivity index (χ1) is 12.8. The quantitative estimate of drug-likeness (QED) is 0.767. The van der Waals surface area contributed by atoms with Crippen LogP contribution in [0.3, 0.4) is 0 Å². The Kier molecular flexibility index (Phi) is 4.88. The first kappa shape index (κ1) is 16.7. The third-order valence-corrected chi connectivity index (χ3v) is 4.95. The molecule has 5 nitrogen and oxygen atoms in total. The van der Waals surface area contributed by atoms with Gasteiger partial charge in [0.05, 0.1) is 12.8 Å². The van der Waals surface area contributed by atoms with Gasteiger partial charge in [0, 0.05) is 61.8 Å². The maximum Gasteiger partial charge on any atom is 0.120 e. The van der Waals surface area contributed by atoms with Gasteiger partial charge in [0.2, 0.25) is 0 Å². The van der Waals surface area contributed by atoms with Crippen molar-refractivity contribution < 1.29 is 4.74 Å². The fourth-order valence-corrected chi connectivity index (χ4v) is 3.49. The van der Waals surface area contributed by atoms with Gasteiger partial charge in [-0.15, -0.1) is 0 Å². The second-order valence-corrected chi connectivity index (χ2v) is 6.59. The van der Waals surface area contributed by atoms with Gasteiger partial charge in [-0.25, -0.2) is 0 Å². The lowest BCUT2D eigenvalue weighted by molar-refractivity contribution is 0.250. The first-order valence-corrected chi connectivity index (χ1v) is 9.03. The number of benzene rings is 2. The summed E-state index contributed by atoms with van der Waals surface area (Å²) < 4.78 is 5.34. The van der Waals surface area contributed by atoms with E-state index in [0.717, 1.165) is 44.2 Å². The maximum absolute atomic E-state index is 5.34. The van der Waals surface area contributed by atoms with Crippen LogP contribution in [-0.2, 0) is 6.54 Å². The zero-order chi connectivity index (χ0) is 17.8. The van der Waals surface area contributed by atoms with Crippen LogP contribution in [-0.4, -0.2) is 48.4 Å². The molecular formula is C21H24N4O. The van der Waals surface area contributed by atoms with Crippen LogP contribution in [0.15, 0.2) is 60.8 Å². The van der Waals surface area contributed by atoms with E-state index in [9.17, 15) is 0 Å². The molecule has 0 bridgehead atoms. The van der Waals surface area contributed by atoms with Crippen molar-refractivity contribution >= 4 is 5.69 Å². The van der Waals surface area contributed by atoms with Crippen molar-refractivity contribution in [2.24, 2.45) is 0 Å². The number of ether oxygens (including phenoxy) is 1. The van der Waals surface area contributed by atoms with Gasteiger partial charge < -0.3 is 9.64 Å². The van der Waals surface area contributed by atoms with Crippen LogP contribution in [0.1, 0.15) is 5.56 Å². The van der Waals surface area contributed by atoms with Crippen LogP contribution >= 0.6 is 0 Å². The molecule has 1 aliphatic rings. The Morgan fingerprint density at radius 3 is 2.58 bits per heavy atom. The predicted octanol–water partition coefficient (Wildman–Crippen LogP) is 3.41. The Labute approximate surface area is 154 Å². The molecule has 2 aromatic carbocycles. The molecule has 0 amide bonds. The highest BCUT2D eigenvalue weighted by Crippen LogP contribution is 2.24. The van der Waals surface area contributed by atoms with E-state index in [4.69, 9.17) is 4.74 Å². The van der Waals surface area contributed by atoms with E-state index in [1.54, 1.807) is 7.11 Å². The highest BCUT2D eigenvalue weighted by Gasteiger charge is 2.19. The summed E-state index contributed by atoms with van der Waals surface area (Å²) in [5, 5.41) is 7.49. The monoisotopic (exact) mass is 348 g/mol. The molecule has 0 radical (unpaired) electrons. The summed E-state index contributed by atoms with van der Waals surface area (Å²) in [5.41, 5.74) is 4.71. The minimum Gasteiger partial charge on any atom is -0.497 e. The largest absolute Gasteiger partial charge is 0.497 e. The third-order valence-electron chi connectivity index (χ3n) is 4.95. The average Bonchev–Trinajstić information content (AvgIpc) is 3.17. The molecule has 3 aromatic rings. The summed E-state index contributed by atoms with van der Waals surface area (Å²) in [6.07, 6.45) is 2.02. The molecular weight excluding hydrogens is 324 g/mol. The summed E-state index contributed by atoms with van der Waals surface area (Å²) in [6.45, 7) is 5.04. The Bertz CT molecular complexity index is 838. The molecule has 1 aromatic heterocycles. The van der Waals surface area contributed by atoms with E-state index in [1.807, 2.05) is 18.3 Å². The fourth-order valence-electron chi connectivity index (χ4n) is 3.49. The van der Waals surface area contributed by atoms with Crippen molar-refractivity contribution in [1.29, 1.82) is 0 Å². The normalized spacial score (nSPS) is 15.2. The minimum atomic E-state index is 0.913. The Hall–Kier alpha value is -2.79. The molecule has 1 N–H and O–H groups in total. The van der Waals surface area contributed by atoms with E-state index < -0.39 is 0 Å². The molecule has 1 saturated heterocycles. The second-order valence-electron chi connectivity index (χ2n) is 6.59. The molecule has 4 rings (SSSR count). The fraction of sp³-hybridized carbons (Fsp3) is 0.286. The lowest BCUT2D eigenvalue weighted by atomic mass is 10.1. The number of hydrogen-bond donors (Lipinski definition) is 1. The number of piperazine rings is 1. The van der Waals surface area contributed by atoms with Gasteiger partial charge in [-0.3, -0.25) is 10.00 Å². The van der Waals surface area contributed by atoms with Gasteiger partial charge in [0.25, 0.3) is 0 Å². The topological polar surface area (TPSA) is 44.4 Å². The lowest BCUT2D eigenvalue weighted by Crippen LogP contribution is -2.46. The molecule has 0 spiro atoms. The maximum atomic E-state index is 5.34. The molecule has 5 heteroatoms. The van der Waals surface area contributed by atoms with Crippen LogP contribution in [0.4, 0.5) is 5.69 Å². The molecule has 1 aliphatic heterocycles. The average molecular weight is 348 g/mol. The number of aromatic amines is 1. The van der Waals surface area contributed by atoms with E-state index >= 15 is 0 Å². The first-order valence-electron chi connectivity index (χ1n) is 9.03. The Morgan fingerprint density at radius 1 is 1.00 bits per heavy atom. The van der Waals surface area contributed by atoms with E-state index in [-0.39, 0.29) is 0 Å². The van der Waals surface area contributed by atoms with E-state index in [2.05, 4.69) is 62.5 Å². The second kappa shape index (κ2) is 7.62. The van der Waals surface area contributed by atoms with Crippen LogP contribution in [0.5, 0.6) is 5.75 Å².